The third-order valence-corrected chi connectivity index (χ3v) is 3.53. The molecule has 0 saturated carbocycles. The summed E-state index contributed by atoms with van der Waals surface area (Å²) in [5.41, 5.74) is -0.109. The molecule has 2 atom stereocenters. The van der Waals surface area contributed by atoms with Crippen LogP contribution in [0.1, 0.15) is 26.7 Å². The van der Waals surface area contributed by atoms with Crippen molar-refractivity contribution < 1.29 is 13.2 Å². The SMILES string of the molecule is CC1CCN(c2c(F)cc(F)cc2F)CCC(C)N1. The highest BCUT2D eigenvalue weighted by Crippen LogP contribution is 2.26. The van der Waals surface area contributed by atoms with E-state index in [9.17, 15) is 13.2 Å². The highest BCUT2D eigenvalue weighted by atomic mass is 19.1. The summed E-state index contributed by atoms with van der Waals surface area (Å²) < 4.78 is 40.5. The zero-order valence-electron chi connectivity index (χ0n) is 11.2. The first-order valence-electron chi connectivity index (χ1n) is 6.63. The Balaban J connectivity index is 2.24. The van der Waals surface area contributed by atoms with Crippen molar-refractivity contribution in [1.29, 1.82) is 0 Å². The molecule has 5 heteroatoms. The van der Waals surface area contributed by atoms with Crippen molar-refractivity contribution in [1.82, 2.24) is 5.32 Å². The summed E-state index contributed by atoms with van der Waals surface area (Å²) >= 11 is 0. The molecule has 0 aromatic heterocycles. The van der Waals surface area contributed by atoms with Gasteiger partial charge in [0.2, 0.25) is 0 Å². The van der Waals surface area contributed by atoms with Crippen molar-refractivity contribution >= 4 is 5.69 Å². The molecule has 0 radical (unpaired) electrons. The molecule has 1 aromatic rings. The van der Waals surface area contributed by atoms with Crippen molar-refractivity contribution in [2.45, 2.75) is 38.8 Å². The van der Waals surface area contributed by atoms with Crippen LogP contribution in [0, 0.1) is 17.5 Å². The summed E-state index contributed by atoms with van der Waals surface area (Å²) in [6, 6.07) is 2.07. The maximum atomic E-state index is 13.8. The highest BCUT2D eigenvalue weighted by Gasteiger charge is 2.21. The minimum absolute atomic E-state index is 0.109. The average Bonchev–Trinajstić information content (AvgIpc) is 2.28. The Hall–Kier alpha value is -1.23. The van der Waals surface area contributed by atoms with Crippen LogP contribution in [-0.4, -0.2) is 25.2 Å². The lowest BCUT2D eigenvalue weighted by Crippen LogP contribution is -2.43. The van der Waals surface area contributed by atoms with Crippen molar-refractivity contribution in [2.24, 2.45) is 0 Å². The minimum atomic E-state index is -0.880. The molecule has 0 bridgehead atoms. The van der Waals surface area contributed by atoms with Gasteiger partial charge in [0.15, 0.2) is 11.6 Å². The predicted molar refractivity (Wildman–Crippen MR) is 69.8 cm³/mol. The van der Waals surface area contributed by atoms with E-state index in [1.165, 1.54) is 0 Å². The van der Waals surface area contributed by atoms with E-state index < -0.39 is 17.5 Å². The van der Waals surface area contributed by atoms with Crippen LogP contribution in [0.2, 0.25) is 0 Å². The molecule has 1 N–H and O–H groups in total. The zero-order valence-corrected chi connectivity index (χ0v) is 11.2. The molecule has 1 saturated heterocycles. The smallest absolute Gasteiger partial charge is 0.152 e. The van der Waals surface area contributed by atoms with Gasteiger partial charge >= 0.3 is 0 Å². The molecule has 106 valence electrons. The van der Waals surface area contributed by atoms with Crippen LogP contribution in [0.5, 0.6) is 0 Å². The fourth-order valence-corrected chi connectivity index (χ4v) is 2.52. The molecular formula is C14H19F3N2. The van der Waals surface area contributed by atoms with Crippen molar-refractivity contribution in [3.8, 4) is 0 Å². The van der Waals surface area contributed by atoms with Crippen molar-refractivity contribution in [2.75, 3.05) is 18.0 Å². The molecule has 19 heavy (non-hydrogen) atoms. The van der Waals surface area contributed by atoms with Gasteiger partial charge in [0, 0.05) is 37.3 Å². The topological polar surface area (TPSA) is 15.3 Å². The van der Waals surface area contributed by atoms with E-state index in [0.29, 0.717) is 25.2 Å². The number of halogens is 3. The first-order valence-corrected chi connectivity index (χ1v) is 6.63. The molecule has 1 fully saturated rings. The number of benzene rings is 1. The number of hydrogen-bond acceptors (Lipinski definition) is 2. The van der Waals surface area contributed by atoms with Gasteiger partial charge in [-0.3, -0.25) is 0 Å². The van der Waals surface area contributed by atoms with Gasteiger partial charge in [0.25, 0.3) is 0 Å². The summed E-state index contributed by atoms with van der Waals surface area (Å²) in [5, 5.41) is 3.42. The number of rotatable bonds is 1. The second-order valence-electron chi connectivity index (χ2n) is 5.25. The fourth-order valence-electron chi connectivity index (χ4n) is 2.52. The normalized spacial score (nSPS) is 25.0. The number of nitrogens with one attached hydrogen (secondary N) is 1. The quantitative estimate of drug-likeness (QED) is 0.845. The molecule has 0 spiro atoms. The van der Waals surface area contributed by atoms with Gasteiger partial charge in [-0.05, 0) is 26.7 Å². The Morgan fingerprint density at radius 1 is 1.00 bits per heavy atom. The number of anilines is 1. The van der Waals surface area contributed by atoms with Gasteiger partial charge in [-0.15, -0.1) is 0 Å². The molecule has 1 aliphatic heterocycles. The van der Waals surface area contributed by atoms with Gasteiger partial charge < -0.3 is 10.2 Å². The van der Waals surface area contributed by atoms with Crippen LogP contribution in [0.15, 0.2) is 12.1 Å². The third-order valence-electron chi connectivity index (χ3n) is 3.53. The van der Waals surface area contributed by atoms with Crippen LogP contribution >= 0.6 is 0 Å². The maximum Gasteiger partial charge on any atom is 0.152 e. The molecule has 2 unspecified atom stereocenters. The predicted octanol–water partition coefficient (Wildman–Crippen LogP) is 3.07. The van der Waals surface area contributed by atoms with Crippen LogP contribution in [-0.2, 0) is 0 Å². The summed E-state index contributed by atoms with van der Waals surface area (Å²) in [6.07, 6.45) is 1.58. The highest BCUT2D eigenvalue weighted by molar-refractivity contribution is 5.49. The lowest BCUT2D eigenvalue weighted by Gasteiger charge is -2.32. The van der Waals surface area contributed by atoms with E-state index in [-0.39, 0.29) is 5.69 Å². The Morgan fingerprint density at radius 2 is 1.47 bits per heavy atom. The largest absolute Gasteiger partial charge is 0.367 e. The number of nitrogens with zero attached hydrogens (tertiary/aromatic N) is 1. The van der Waals surface area contributed by atoms with Crippen molar-refractivity contribution in [3.63, 3.8) is 0 Å². The maximum absolute atomic E-state index is 13.8. The van der Waals surface area contributed by atoms with Crippen molar-refractivity contribution in [3.05, 3.63) is 29.6 Å². The van der Waals surface area contributed by atoms with Crippen LogP contribution in [0.3, 0.4) is 0 Å². The number of hydrogen-bond donors (Lipinski definition) is 1. The van der Waals surface area contributed by atoms with E-state index >= 15 is 0 Å². The first kappa shape index (κ1) is 14.2. The third kappa shape index (κ3) is 3.41. The fraction of sp³-hybridized carbons (Fsp3) is 0.571. The Bertz CT molecular complexity index is 415. The standard InChI is InChI=1S/C14H19F3N2/c1-9-3-5-19(6-4-10(2)18-9)14-12(16)7-11(15)8-13(14)17/h7-10,18H,3-6H2,1-2H3. The molecule has 1 aliphatic rings. The molecule has 2 nitrogen and oxygen atoms in total. The summed E-state index contributed by atoms with van der Waals surface area (Å²) in [7, 11) is 0. The molecule has 0 aliphatic carbocycles. The first-order chi connectivity index (χ1) is 8.97. The molecular weight excluding hydrogens is 253 g/mol. The van der Waals surface area contributed by atoms with Gasteiger partial charge in [-0.1, -0.05) is 0 Å². The molecule has 2 rings (SSSR count). The Labute approximate surface area is 111 Å². The average molecular weight is 272 g/mol. The van der Waals surface area contributed by atoms with Crippen LogP contribution in [0.4, 0.5) is 18.9 Å². The minimum Gasteiger partial charge on any atom is -0.367 e. The second-order valence-corrected chi connectivity index (χ2v) is 5.25. The molecule has 0 amide bonds. The zero-order chi connectivity index (χ0) is 14.0. The van der Waals surface area contributed by atoms with E-state index in [1.54, 1.807) is 4.90 Å². The lowest BCUT2D eigenvalue weighted by atomic mass is 10.1. The second kappa shape index (κ2) is 5.82. The van der Waals surface area contributed by atoms with Gasteiger partial charge in [0.1, 0.15) is 11.5 Å². The van der Waals surface area contributed by atoms with Crippen LogP contribution in [0.25, 0.3) is 0 Å². The Morgan fingerprint density at radius 3 is 1.95 bits per heavy atom. The monoisotopic (exact) mass is 272 g/mol. The van der Waals surface area contributed by atoms with E-state index in [1.807, 2.05) is 0 Å². The molecule has 1 heterocycles. The summed E-state index contributed by atoms with van der Waals surface area (Å²) in [6.45, 7) is 5.22. The summed E-state index contributed by atoms with van der Waals surface area (Å²) in [4.78, 5) is 1.68. The van der Waals surface area contributed by atoms with E-state index in [0.717, 1.165) is 25.0 Å². The summed E-state index contributed by atoms with van der Waals surface area (Å²) in [5.74, 6) is -2.54. The molecule has 1 aromatic carbocycles. The van der Waals surface area contributed by atoms with Crippen LogP contribution < -0.4 is 10.2 Å². The van der Waals surface area contributed by atoms with E-state index in [4.69, 9.17) is 0 Å². The Kier molecular flexibility index (Phi) is 4.34. The van der Waals surface area contributed by atoms with Gasteiger partial charge in [-0.25, -0.2) is 13.2 Å². The van der Waals surface area contributed by atoms with Gasteiger partial charge in [-0.2, -0.15) is 0 Å². The lowest BCUT2D eigenvalue weighted by molar-refractivity contribution is 0.400. The van der Waals surface area contributed by atoms with E-state index in [2.05, 4.69) is 19.2 Å². The van der Waals surface area contributed by atoms with Gasteiger partial charge in [0.05, 0.1) is 0 Å².